The number of thioether (sulfide) groups is 1. The van der Waals surface area contributed by atoms with Crippen molar-refractivity contribution in [1.29, 1.82) is 0 Å². The standard InChI is InChI=1S/C16H15N3O2S2/c1-10-9-22-15(17-10)18-16-19(2)14(20)13(23-16)8-11-6-4-5-7-12(11)21-3/h4-9H,1-3H3/b13-8-,18-16+. The van der Waals surface area contributed by atoms with Crippen molar-refractivity contribution in [3.8, 4) is 5.75 Å². The second-order valence-corrected chi connectivity index (χ2v) is 6.73. The summed E-state index contributed by atoms with van der Waals surface area (Å²) in [7, 11) is 3.34. The molecule has 1 aliphatic rings. The third-order valence-corrected chi connectivity index (χ3v) is 5.14. The number of ether oxygens (including phenoxy) is 1. The predicted molar refractivity (Wildman–Crippen MR) is 95.3 cm³/mol. The molecule has 0 saturated carbocycles. The van der Waals surface area contributed by atoms with Crippen LogP contribution < -0.4 is 4.74 Å². The number of rotatable bonds is 3. The highest BCUT2D eigenvalue weighted by Crippen LogP contribution is 2.35. The maximum absolute atomic E-state index is 12.4. The average molecular weight is 345 g/mol. The molecule has 1 saturated heterocycles. The SMILES string of the molecule is COc1ccccc1/C=C1\S/C(=N/c2nc(C)cs2)N(C)C1=O. The van der Waals surface area contributed by atoms with Crippen LogP contribution in [0.3, 0.4) is 0 Å². The molecule has 1 amide bonds. The number of amides is 1. The van der Waals surface area contributed by atoms with Gasteiger partial charge in [0, 0.05) is 18.0 Å². The summed E-state index contributed by atoms with van der Waals surface area (Å²) in [5, 5.41) is 3.22. The van der Waals surface area contributed by atoms with Gasteiger partial charge in [0.05, 0.1) is 17.7 Å². The number of aromatic nitrogens is 1. The second-order valence-electron chi connectivity index (χ2n) is 4.88. The van der Waals surface area contributed by atoms with Crippen molar-refractivity contribution in [2.24, 2.45) is 4.99 Å². The van der Waals surface area contributed by atoms with Crippen molar-refractivity contribution in [2.75, 3.05) is 14.2 Å². The van der Waals surface area contributed by atoms with Gasteiger partial charge in [0.25, 0.3) is 5.91 Å². The van der Waals surface area contributed by atoms with E-state index in [1.807, 2.05) is 42.6 Å². The van der Waals surface area contributed by atoms with E-state index in [9.17, 15) is 4.79 Å². The topological polar surface area (TPSA) is 54.8 Å². The Bertz CT molecular complexity index is 811. The summed E-state index contributed by atoms with van der Waals surface area (Å²) >= 11 is 2.81. The van der Waals surface area contributed by atoms with Crippen LogP contribution in [0.2, 0.25) is 0 Å². The maximum atomic E-state index is 12.4. The lowest BCUT2D eigenvalue weighted by molar-refractivity contribution is -0.121. The first-order chi connectivity index (χ1) is 11.1. The molecule has 3 rings (SSSR count). The molecule has 2 heterocycles. The number of carbonyl (C=O) groups is 1. The number of thiazole rings is 1. The highest BCUT2D eigenvalue weighted by molar-refractivity contribution is 8.18. The largest absolute Gasteiger partial charge is 0.496 e. The van der Waals surface area contributed by atoms with E-state index in [2.05, 4.69) is 9.98 Å². The van der Waals surface area contributed by atoms with E-state index in [-0.39, 0.29) is 5.91 Å². The Morgan fingerprint density at radius 1 is 1.35 bits per heavy atom. The molecule has 0 radical (unpaired) electrons. The van der Waals surface area contributed by atoms with Gasteiger partial charge >= 0.3 is 0 Å². The molecule has 2 aromatic rings. The molecular weight excluding hydrogens is 330 g/mol. The number of methoxy groups -OCH3 is 1. The molecular formula is C16H15N3O2S2. The van der Waals surface area contributed by atoms with Gasteiger partial charge in [-0.25, -0.2) is 4.98 Å². The van der Waals surface area contributed by atoms with Gasteiger partial charge in [0.1, 0.15) is 5.75 Å². The van der Waals surface area contributed by atoms with Crippen LogP contribution >= 0.6 is 23.1 Å². The molecule has 7 heteroatoms. The number of aliphatic imine (C=N–C) groups is 1. The zero-order valence-electron chi connectivity index (χ0n) is 12.9. The number of aryl methyl sites for hydroxylation is 1. The summed E-state index contributed by atoms with van der Waals surface area (Å²) < 4.78 is 5.33. The fraction of sp³-hybridized carbons (Fsp3) is 0.188. The molecule has 0 spiro atoms. The summed E-state index contributed by atoms with van der Waals surface area (Å²) in [5.41, 5.74) is 1.79. The minimum absolute atomic E-state index is 0.0760. The number of benzene rings is 1. The van der Waals surface area contributed by atoms with Gasteiger partial charge in [0.2, 0.25) is 5.13 Å². The lowest BCUT2D eigenvalue weighted by atomic mass is 10.2. The molecule has 0 atom stereocenters. The summed E-state index contributed by atoms with van der Waals surface area (Å²) in [4.78, 5) is 23.3. The van der Waals surface area contributed by atoms with Crippen molar-refractivity contribution in [3.05, 3.63) is 45.8 Å². The van der Waals surface area contributed by atoms with Crippen LogP contribution in [0.1, 0.15) is 11.3 Å². The first kappa shape index (κ1) is 15.8. The Morgan fingerprint density at radius 3 is 2.83 bits per heavy atom. The van der Waals surface area contributed by atoms with Gasteiger partial charge in [0.15, 0.2) is 5.17 Å². The van der Waals surface area contributed by atoms with E-state index in [1.54, 1.807) is 19.1 Å². The molecule has 1 fully saturated rings. The lowest BCUT2D eigenvalue weighted by Crippen LogP contribution is -2.23. The Balaban J connectivity index is 1.92. The van der Waals surface area contributed by atoms with Crippen molar-refractivity contribution >= 4 is 45.4 Å². The van der Waals surface area contributed by atoms with Crippen molar-refractivity contribution in [1.82, 2.24) is 9.88 Å². The molecule has 5 nitrogen and oxygen atoms in total. The van der Waals surface area contributed by atoms with Crippen LogP contribution in [0.15, 0.2) is 39.5 Å². The number of carbonyl (C=O) groups excluding carboxylic acids is 1. The molecule has 0 aliphatic carbocycles. The van der Waals surface area contributed by atoms with E-state index in [0.717, 1.165) is 17.0 Å². The Hall–Kier alpha value is -2.12. The quantitative estimate of drug-likeness (QED) is 0.796. The van der Waals surface area contributed by atoms with Crippen molar-refractivity contribution in [2.45, 2.75) is 6.92 Å². The summed E-state index contributed by atoms with van der Waals surface area (Å²) in [5.74, 6) is 0.657. The highest BCUT2D eigenvalue weighted by Gasteiger charge is 2.30. The second kappa shape index (κ2) is 6.55. The number of hydrogen-bond acceptors (Lipinski definition) is 6. The maximum Gasteiger partial charge on any atom is 0.266 e. The van der Waals surface area contributed by atoms with Gasteiger partial charge < -0.3 is 4.74 Å². The first-order valence-corrected chi connectivity index (χ1v) is 8.59. The van der Waals surface area contributed by atoms with E-state index in [4.69, 9.17) is 4.74 Å². The third-order valence-electron chi connectivity index (χ3n) is 3.23. The van der Waals surface area contributed by atoms with Crippen LogP contribution in [-0.2, 0) is 4.79 Å². The number of hydrogen-bond donors (Lipinski definition) is 0. The number of likely N-dealkylation sites (N-methyl/N-ethyl adjacent to an activating group) is 1. The highest BCUT2D eigenvalue weighted by atomic mass is 32.2. The minimum Gasteiger partial charge on any atom is -0.496 e. The molecule has 0 unspecified atom stereocenters. The lowest BCUT2D eigenvalue weighted by Gasteiger charge is -2.06. The monoisotopic (exact) mass is 345 g/mol. The molecule has 23 heavy (non-hydrogen) atoms. The number of para-hydroxylation sites is 1. The van der Waals surface area contributed by atoms with E-state index < -0.39 is 0 Å². The average Bonchev–Trinajstić information content (AvgIpc) is 3.07. The van der Waals surface area contributed by atoms with Gasteiger partial charge in [-0.15, -0.1) is 11.3 Å². The minimum atomic E-state index is -0.0760. The van der Waals surface area contributed by atoms with E-state index >= 15 is 0 Å². The molecule has 0 N–H and O–H groups in total. The Morgan fingerprint density at radius 2 is 2.13 bits per heavy atom. The number of nitrogens with zero attached hydrogens (tertiary/aromatic N) is 3. The van der Waals surface area contributed by atoms with Crippen LogP contribution in [0.4, 0.5) is 5.13 Å². The van der Waals surface area contributed by atoms with Crippen LogP contribution in [-0.4, -0.2) is 35.1 Å². The first-order valence-electron chi connectivity index (χ1n) is 6.90. The van der Waals surface area contributed by atoms with Crippen molar-refractivity contribution in [3.63, 3.8) is 0 Å². The fourth-order valence-corrected chi connectivity index (χ4v) is 3.73. The van der Waals surface area contributed by atoms with Gasteiger partial charge in [-0.3, -0.25) is 9.69 Å². The van der Waals surface area contributed by atoms with Crippen LogP contribution in [0, 0.1) is 6.92 Å². The van der Waals surface area contributed by atoms with Crippen LogP contribution in [0.5, 0.6) is 5.75 Å². The van der Waals surface area contributed by atoms with Gasteiger partial charge in [-0.2, -0.15) is 4.99 Å². The van der Waals surface area contributed by atoms with Gasteiger partial charge in [-0.05, 0) is 30.8 Å². The normalized spacial score (nSPS) is 18.2. The predicted octanol–water partition coefficient (Wildman–Crippen LogP) is 3.69. The fourth-order valence-electron chi connectivity index (χ4n) is 2.05. The smallest absolute Gasteiger partial charge is 0.266 e. The molecule has 1 aromatic heterocycles. The zero-order chi connectivity index (χ0) is 16.4. The zero-order valence-corrected chi connectivity index (χ0v) is 14.6. The molecule has 1 aromatic carbocycles. The Kier molecular flexibility index (Phi) is 4.49. The summed E-state index contributed by atoms with van der Waals surface area (Å²) in [6.07, 6.45) is 1.83. The van der Waals surface area contributed by atoms with Crippen molar-refractivity contribution < 1.29 is 9.53 Å². The summed E-state index contributed by atoms with van der Waals surface area (Å²) in [6.45, 7) is 1.92. The van der Waals surface area contributed by atoms with Crippen LogP contribution in [0.25, 0.3) is 6.08 Å². The van der Waals surface area contributed by atoms with E-state index in [1.165, 1.54) is 23.1 Å². The Labute approximate surface area is 142 Å². The number of amidine groups is 1. The van der Waals surface area contributed by atoms with E-state index in [0.29, 0.717) is 15.2 Å². The van der Waals surface area contributed by atoms with Gasteiger partial charge in [-0.1, -0.05) is 18.2 Å². The molecule has 0 bridgehead atoms. The third kappa shape index (κ3) is 3.30. The molecule has 118 valence electrons. The molecule has 1 aliphatic heterocycles. The summed E-state index contributed by atoms with van der Waals surface area (Å²) in [6, 6.07) is 7.59.